The number of hydrogen-bond acceptors (Lipinski definition) is 2. The van der Waals surface area contributed by atoms with Crippen LogP contribution in [0, 0.1) is 17.2 Å². The molecule has 0 heterocycles. The second-order valence-electron chi connectivity index (χ2n) is 5.82. The molecule has 0 saturated heterocycles. The molecule has 21 heavy (non-hydrogen) atoms. The van der Waals surface area contributed by atoms with Crippen molar-refractivity contribution in [1.82, 2.24) is 4.90 Å². The zero-order valence-electron chi connectivity index (χ0n) is 13.0. The summed E-state index contributed by atoms with van der Waals surface area (Å²) in [6, 6.07) is 22.9. The van der Waals surface area contributed by atoms with Crippen molar-refractivity contribution in [2.75, 3.05) is 20.6 Å². The number of benzene rings is 2. The predicted octanol–water partition coefficient (Wildman–Crippen LogP) is 3.69. The van der Waals surface area contributed by atoms with Gasteiger partial charge in [0.1, 0.15) is 5.41 Å². The molecule has 0 N–H and O–H groups in total. The van der Waals surface area contributed by atoms with E-state index in [0.717, 1.165) is 17.7 Å². The summed E-state index contributed by atoms with van der Waals surface area (Å²) in [7, 11) is 4.10. The predicted molar refractivity (Wildman–Crippen MR) is 87.0 cm³/mol. The molecule has 0 aliphatic rings. The first kappa shape index (κ1) is 15.3. The molecule has 0 unspecified atom stereocenters. The molecule has 0 aromatic heterocycles. The Morgan fingerprint density at radius 1 is 0.952 bits per heavy atom. The van der Waals surface area contributed by atoms with E-state index < -0.39 is 5.41 Å². The molecule has 0 spiro atoms. The van der Waals surface area contributed by atoms with Gasteiger partial charge < -0.3 is 4.90 Å². The van der Waals surface area contributed by atoms with Gasteiger partial charge in [-0.2, -0.15) is 5.26 Å². The smallest absolute Gasteiger partial charge is 0.111 e. The Bertz CT molecular complexity index is 557. The molecule has 0 aliphatic heterocycles. The van der Waals surface area contributed by atoms with E-state index in [-0.39, 0.29) is 5.92 Å². The first-order chi connectivity index (χ1) is 10.1. The lowest BCUT2D eigenvalue weighted by Gasteiger charge is -2.35. The SMILES string of the molecule is C[C@@H](CN(C)C)C(C#N)(c1ccccc1)c1ccccc1. The molecule has 0 aliphatic carbocycles. The van der Waals surface area contributed by atoms with E-state index >= 15 is 0 Å². The minimum Gasteiger partial charge on any atom is -0.309 e. The zero-order valence-corrected chi connectivity index (χ0v) is 13.0. The Morgan fingerprint density at radius 2 is 1.38 bits per heavy atom. The fraction of sp³-hybridized carbons (Fsp3) is 0.316. The Hall–Kier alpha value is -2.11. The highest BCUT2D eigenvalue weighted by atomic mass is 15.1. The van der Waals surface area contributed by atoms with Crippen LogP contribution < -0.4 is 0 Å². The Kier molecular flexibility index (Phi) is 4.77. The van der Waals surface area contributed by atoms with Crippen LogP contribution in [0.25, 0.3) is 0 Å². The number of hydrogen-bond donors (Lipinski definition) is 0. The topological polar surface area (TPSA) is 27.0 Å². The van der Waals surface area contributed by atoms with E-state index in [1.165, 1.54) is 0 Å². The Labute approximate surface area is 127 Å². The van der Waals surface area contributed by atoms with Crippen LogP contribution in [-0.2, 0) is 5.41 Å². The summed E-state index contributed by atoms with van der Waals surface area (Å²) in [5, 5.41) is 10.1. The minimum atomic E-state index is -0.618. The molecule has 0 saturated carbocycles. The van der Waals surface area contributed by atoms with Crippen LogP contribution in [0.3, 0.4) is 0 Å². The van der Waals surface area contributed by atoms with Gasteiger partial charge in [0.25, 0.3) is 0 Å². The average Bonchev–Trinajstić information content (AvgIpc) is 2.50. The molecule has 0 radical (unpaired) electrons. The lowest BCUT2D eigenvalue weighted by atomic mass is 9.67. The van der Waals surface area contributed by atoms with Crippen LogP contribution in [0.15, 0.2) is 60.7 Å². The van der Waals surface area contributed by atoms with Crippen LogP contribution in [0.1, 0.15) is 18.1 Å². The second kappa shape index (κ2) is 6.56. The lowest BCUT2D eigenvalue weighted by molar-refractivity contribution is 0.290. The average molecular weight is 278 g/mol. The summed E-state index contributed by atoms with van der Waals surface area (Å²) in [6.45, 7) is 3.01. The maximum atomic E-state index is 10.1. The van der Waals surface area contributed by atoms with Gasteiger partial charge in [-0.1, -0.05) is 67.6 Å². The van der Waals surface area contributed by atoms with Gasteiger partial charge in [-0.25, -0.2) is 0 Å². The first-order valence-corrected chi connectivity index (χ1v) is 7.28. The van der Waals surface area contributed by atoms with Crippen LogP contribution in [0.4, 0.5) is 0 Å². The molecule has 2 nitrogen and oxygen atoms in total. The minimum absolute atomic E-state index is 0.183. The highest BCUT2D eigenvalue weighted by Crippen LogP contribution is 2.39. The molecule has 0 bridgehead atoms. The van der Waals surface area contributed by atoms with Crippen molar-refractivity contribution in [3.63, 3.8) is 0 Å². The molecular weight excluding hydrogens is 256 g/mol. The summed E-state index contributed by atoms with van der Waals surface area (Å²) in [4.78, 5) is 2.14. The Morgan fingerprint density at radius 3 is 1.71 bits per heavy atom. The fourth-order valence-corrected chi connectivity index (χ4v) is 3.06. The second-order valence-corrected chi connectivity index (χ2v) is 5.82. The van der Waals surface area contributed by atoms with E-state index in [0.29, 0.717) is 0 Å². The monoisotopic (exact) mass is 278 g/mol. The van der Waals surface area contributed by atoms with Gasteiger partial charge in [0.15, 0.2) is 0 Å². The van der Waals surface area contributed by atoms with Gasteiger partial charge in [-0.3, -0.25) is 0 Å². The summed E-state index contributed by atoms with van der Waals surface area (Å²) in [6.07, 6.45) is 0. The fourth-order valence-electron chi connectivity index (χ4n) is 3.06. The number of rotatable bonds is 5. The van der Waals surface area contributed by atoms with Gasteiger partial charge in [0.05, 0.1) is 6.07 Å². The highest BCUT2D eigenvalue weighted by molar-refractivity contribution is 5.46. The molecule has 1 atom stereocenters. The van der Waals surface area contributed by atoms with Crippen molar-refractivity contribution in [1.29, 1.82) is 5.26 Å². The van der Waals surface area contributed by atoms with Crippen molar-refractivity contribution < 1.29 is 0 Å². The van der Waals surface area contributed by atoms with Gasteiger partial charge >= 0.3 is 0 Å². The number of nitrogens with zero attached hydrogens (tertiary/aromatic N) is 2. The molecule has 0 amide bonds. The van der Waals surface area contributed by atoms with Crippen molar-refractivity contribution in [3.05, 3.63) is 71.8 Å². The molecule has 2 aromatic carbocycles. The van der Waals surface area contributed by atoms with Crippen LogP contribution in [0.2, 0.25) is 0 Å². The van der Waals surface area contributed by atoms with Crippen molar-refractivity contribution in [2.45, 2.75) is 12.3 Å². The maximum absolute atomic E-state index is 10.1. The summed E-state index contributed by atoms with van der Waals surface area (Å²) in [5.41, 5.74) is 1.51. The third-order valence-corrected chi connectivity index (χ3v) is 4.01. The molecular formula is C19H22N2. The van der Waals surface area contributed by atoms with Crippen molar-refractivity contribution in [3.8, 4) is 6.07 Å². The largest absolute Gasteiger partial charge is 0.309 e. The zero-order chi connectivity index (χ0) is 15.3. The third kappa shape index (κ3) is 2.99. The molecule has 108 valence electrons. The van der Waals surface area contributed by atoms with Crippen molar-refractivity contribution in [2.24, 2.45) is 5.92 Å². The first-order valence-electron chi connectivity index (χ1n) is 7.28. The number of nitriles is 1. The van der Waals surface area contributed by atoms with E-state index in [4.69, 9.17) is 0 Å². The molecule has 0 fully saturated rings. The van der Waals surface area contributed by atoms with E-state index in [1.807, 2.05) is 36.4 Å². The molecule has 2 aromatic rings. The third-order valence-electron chi connectivity index (χ3n) is 4.01. The highest BCUT2D eigenvalue weighted by Gasteiger charge is 2.40. The van der Waals surface area contributed by atoms with Crippen LogP contribution >= 0.6 is 0 Å². The van der Waals surface area contributed by atoms with Gasteiger partial charge in [0.2, 0.25) is 0 Å². The standard InChI is InChI=1S/C19H22N2/c1-16(14-21(2)3)19(15-20,17-10-6-4-7-11-17)18-12-8-5-9-13-18/h4-13,16H,14H2,1-3H3/t16-/m0/s1. The van der Waals surface area contributed by atoms with Gasteiger partial charge in [-0.15, -0.1) is 0 Å². The summed E-state index contributed by atoms with van der Waals surface area (Å²) in [5.74, 6) is 0.183. The van der Waals surface area contributed by atoms with E-state index in [9.17, 15) is 5.26 Å². The van der Waals surface area contributed by atoms with Crippen LogP contribution in [-0.4, -0.2) is 25.5 Å². The van der Waals surface area contributed by atoms with Gasteiger partial charge in [0, 0.05) is 6.54 Å². The van der Waals surface area contributed by atoms with Gasteiger partial charge in [-0.05, 0) is 31.1 Å². The van der Waals surface area contributed by atoms with E-state index in [1.54, 1.807) is 0 Å². The van der Waals surface area contributed by atoms with E-state index in [2.05, 4.69) is 56.3 Å². The van der Waals surface area contributed by atoms with Crippen molar-refractivity contribution >= 4 is 0 Å². The Balaban J connectivity index is 2.61. The lowest BCUT2D eigenvalue weighted by Crippen LogP contribution is -2.39. The maximum Gasteiger partial charge on any atom is 0.111 e. The van der Waals surface area contributed by atoms with Crippen LogP contribution in [0.5, 0.6) is 0 Å². The molecule has 2 rings (SSSR count). The summed E-state index contributed by atoms with van der Waals surface area (Å²) >= 11 is 0. The quantitative estimate of drug-likeness (QED) is 0.834. The summed E-state index contributed by atoms with van der Waals surface area (Å²) < 4.78 is 0. The normalized spacial score (nSPS) is 12.9. The molecule has 2 heteroatoms.